The molecule has 2 amide bonds. The fraction of sp³-hybridized carbons (Fsp3) is 0.364. The first-order valence-corrected chi connectivity index (χ1v) is 5.80. The van der Waals surface area contributed by atoms with E-state index in [-0.39, 0.29) is 12.1 Å². The van der Waals surface area contributed by atoms with Crippen LogP contribution in [0.2, 0.25) is 0 Å². The van der Waals surface area contributed by atoms with Crippen molar-refractivity contribution in [2.75, 3.05) is 11.4 Å². The summed E-state index contributed by atoms with van der Waals surface area (Å²) >= 11 is 3.38. The number of nitrogens with one attached hydrogen (secondary N) is 1. The molecule has 1 saturated heterocycles. The minimum absolute atomic E-state index is 0.00364. The van der Waals surface area contributed by atoms with Crippen LogP contribution in [0.5, 0.6) is 0 Å². The molecule has 15 heavy (non-hydrogen) atoms. The summed E-state index contributed by atoms with van der Waals surface area (Å²) in [5.41, 5.74) is 0.947. The highest BCUT2D eigenvalue weighted by atomic mass is 79.9. The lowest BCUT2D eigenvalue weighted by atomic mass is 10.1. The van der Waals surface area contributed by atoms with Crippen molar-refractivity contribution in [2.24, 2.45) is 0 Å². The van der Waals surface area contributed by atoms with Crippen LogP contribution in [0.3, 0.4) is 0 Å². The molecule has 1 aromatic rings. The maximum atomic E-state index is 11.7. The Bertz CT molecular complexity index is 363. The van der Waals surface area contributed by atoms with Crippen LogP contribution in [0.4, 0.5) is 10.5 Å². The number of carbonyl (C=O) groups excluding carboxylic acids is 1. The first-order valence-electron chi connectivity index (χ1n) is 5.00. The Kier molecular flexibility index (Phi) is 2.95. The normalized spacial score (nSPS) is 21.3. The molecule has 1 aliphatic heterocycles. The van der Waals surface area contributed by atoms with E-state index in [1.54, 1.807) is 4.90 Å². The Labute approximate surface area is 97.6 Å². The van der Waals surface area contributed by atoms with E-state index in [1.807, 2.05) is 31.2 Å². The largest absolute Gasteiger partial charge is 0.335 e. The predicted molar refractivity (Wildman–Crippen MR) is 64.1 cm³/mol. The topological polar surface area (TPSA) is 32.3 Å². The van der Waals surface area contributed by atoms with E-state index >= 15 is 0 Å². The van der Waals surface area contributed by atoms with Crippen LogP contribution in [-0.2, 0) is 0 Å². The molecule has 80 valence electrons. The molecule has 0 spiro atoms. The van der Waals surface area contributed by atoms with Crippen molar-refractivity contribution in [3.63, 3.8) is 0 Å². The van der Waals surface area contributed by atoms with Crippen molar-refractivity contribution in [1.29, 1.82) is 0 Å². The van der Waals surface area contributed by atoms with Crippen molar-refractivity contribution in [3.8, 4) is 0 Å². The molecule has 1 unspecified atom stereocenters. The second-order valence-electron chi connectivity index (χ2n) is 3.77. The van der Waals surface area contributed by atoms with Gasteiger partial charge < -0.3 is 5.32 Å². The summed E-state index contributed by atoms with van der Waals surface area (Å²) < 4.78 is 1.03. The first kappa shape index (κ1) is 10.5. The molecule has 1 heterocycles. The number of urea groups is 1. The molecule has 0 aliphatic carbocycles. The van der Waals surface area contributed by atoms with Crippen LogP contribution in [0.25, 0.3) is 0 Å². The summed E-state index contributed by atoms with van der Waals surface area (Å²) in [6, 6.07) is 8.06. The Morgan fingerprint density at radius 2 is 2.07 bits per heavy atom. The predicted octanol–water partition coefficient (Wildman–Crippen LogP) is 2.76. The fourth-order valence-corrected chi connectivity index (χ4v) is 1.92. The van der Waals surface area contributed by atoms with Crippen molar-refractivity contribution < 1.29 is 4.79 Å². The Morgan fingerprint density at radius 3 is 2.67 bits per heavy atom. The highest BCUT2D eigenvalue weighted by Crippen LogP contribution is 2.20. The summed E-state index contributed by atoms with van der Waals surface area (Å²) in [7, 11) is 0. The molecule has 1 atom stereocenters. The SMILES string of the molecule is CC1CCN(c2ccc(Br)cc2)C(=O)N1. The summed E-state index contributed by atoms with van der Waals surface area (Å²) in [4.78, 5) is 13.5. The monoisotopic (exact) mass is 268 g/mol. The fourth-order valence-electron chi connectivity index (χ4n) is 1.65. The maximum absolute atomic E-state index is 11.7. The molecule has 1 N–H and O–H groups in total. The van der Waals surface area contributed by atoms with Crippen LogP contribution < -0.4 is 10.2 Å². The number of anilines is 1. The zero-order chi connectivity index (χ0) is 10.8. The van der Waals surface area contributed by atoms with Gasteiger partial charge in [0.15, 0.2) is 0 Å². The molecule has 0 aromatic heterocycles. The smallest absolute Gasteiger partial charge is 0.322 e. The lowest BCUT2D eigenvalue weighted by molar-refractivity contribution is 0.237. The molecule has 1 aromatic carbocycles. The maximum Gasteiger partial charge on any atom is 0.322 e. The van der Waals surface area contributed by atoms with E-state index in [0.29, 0.717) is 0 Å². The Hall–Kier alpha value is -1.03. The number of amides is 2. The van der Waals surface area contributed by atoms with Gasteiger partial charge in [0.2, 0.25) is 0 Å². The molecule has 3 nitrogen and oxygen atoms in total. The average molecular weight is 269 g/mol. The third-order valence-electron chi connectivity index (χ3n) is 2.54. The molecule has 4 heteroatoms. The van der Waals surface area contributed by atoms with Crippen LogP contribution in [0.15, 0.2) is 28.7 Å². The Morgan fingerprint density at radius 1 is 1.40 bits per heavy atom. The minimum atomic E-state index is -0.00364. The summed E-state index contributed by atoms with van der Waals surface area (Å²) in [5.74, 6) is 0. The average Bonchev–Trinajstić information content (AvgIpc) is 2.20. The molecular weight excluding hydrogens is 256 g/mol. The zero-order valence-corrected chi connectivity index (χ0v) is 10.1. The lowest BCUT2D eigenvalue weighted by Crippen LogP contribution is -2.50. The number of hydrogen-bond donors (Lipinski definition) is 1. The van der Waals surface area contributed by atoms with E-state index in [2.05, 4.69) is 21.2 Å². The first-order chi connectivity index (χ1) is 7.16. The van der Waals surface area contributed by atoms with Gasteiger partial charge in [0.05, 0.1) is 0 Å². The van der Waals surface area contributed by atoms with Crippen molar-refractivity contribution in [2.45, 2.75) is 19.4 Å². The quantitative estimate of drug-likeness (QED) is 0.835. The minimum Gasteiger partial charge on any atom is -0.335 e. The van der Waals surface area contributed by atoms with Gasteiger partial charge in [-0.3, -0.25) is 4.90 Å². The third-order valence-corrected chi connectivity index (χ3v) is 3.07. The lowest BCUT2D eigenvalue weighted by Gasteiger charge is -2.31. The van der Waals surface area contributed by atoms with Crippen molar-refractivity contribution in [1.82, 2.24) is 5.32 Å². The summed E-state index contributed by atoms with van der Waals surface area (Å²) in [6.07, 6.45) is 0.988. The molecule has 2 rings (SSSR count). The van der Waals surface area contributed by atoms with E-state index in [9.17, 15) is 4.79 Å². The van der Waals surface area contributed by atoms with Crippen LogP contribution in [0, 0.1) is 0 Å². The molecular formula is C11H13BrN2O. The van der Waals surface area contributed by atoms with Gasteiger partial charge in [-0.2, -0.15) is 0 Å². The van der Waals surface area contributed by atoms with Gasteiger partial charge in [-0.05, 0) is 37.6 Å². The number of nitrogens with zero attached hydrogens (tertiary/aromatic N) is 1. The van der Waals surface area contributed by atoms with Gasteiger partial charge in [-0.1, -0.05) is 15.9 Å². The van der Waals surface area contributed by atoms with Gasteiger partial charge in [-0.25, -0.2) is 4.79 Å². The highest BCUT2D eigenvalue weighted by molar-refractivity contribution is 9.10. The van der Waals surface area contributed by atoms with Gasteiger partial charge in [-0.15, -0.1) is 0 Å². The van der Waals surface area contributed by atoms with Gasteiger partial charge >= 0.3 is 6.03 Å². The van der Waals surface area contributed by atoms with Crippen LogP contribution in [-0.4, -0.2) is 18.6 Å². The highest BCUT2D eigenvalue weighted by Gasteiger charge is 2.22. The number of carbonyl (C=O) groups is 1. The molecule has 0 radical (unpaired) electrons. The van der Waals surface area contributed by atoms with E-state index in [1.165, 1.54) is 0 Å². The molecule has 0 bridgehead atoms. The number of rotatable bonds is 1. The second kappa shape index (κ2) is 4.23. The zero-order valence-electron chi connectivity index (χ0n) is 8.53. The van der Waals surface area contributed by atoms with Gasteiger partial charge in [0, 0.05) is 22.7 Å². The molecule has 0 saturated carbocycles. The van der Waals surface area contributed by atoms with Crippen LogP contribution >= 0.6 is 15.9 Å². The second-order valence-corrected chi connectivity index (χ2v) is 4.68. The summed E-state index contributed by atoms with van der Waals surface area (Å²) in [6.45, 7) is 2.81. The van der Waals surface area contributed by atoms with E-state index in [0.717, 1.165) is 23.1 Å². The standard InChI is InChI=1S/C11H13BrN2O/c1-8-6-7-14(11(15)13-8)10-4-2-9(12)3-5-10/h2-5,8H,6-7H2,1H3,(H,13,15). The van der Waals surface area contributed by atoms with E-state index in [4.69, 9.17) is 0 Å². The Balaban J connectivity index is 2.17. The van der Waals surface area contributed by atoms with Gasteiger partial charge in [0.1, 0.15) is 0 Å². The third kappa shape index (κ3) is 2.31. The molecule has 1 aliphatic rings. The van der Waals surface area contributed by atoms with Crippen LogP contribution in [0.1, 0.15) is 13.3 Å². The van der Waals surface area contributed by atoms with E-state index < -0.39 is 0 Å². The molecule has 1 fully saturated rings. The number of halogens is 1. The van der Waals surface area contributed by atoms with Gasteiger partial charge in [0.25, 0.3) is 0 Å². The number of hydrogen-bond acceptors (Lipinski definition) is 1. The summed E-state index contributed by atoms with van der Waals surface area (Å²) in [5, 5.41) is 2.92. The van der Waals surface area contributed by atoms with Crippen molar-refractivity contribution in [3.05, 3.63) is 28.7 Å². The van der Waals surface area contributed by atoms with Crippen molar-refractivity contribution >= 4 is 27.6 Å². The number of benzene rings is 1.